The first-order chi connectivity index (χ1) is 29.5. The molecule has 0 rings (SSSR count). The molecular formula is C52H95N2O6P. The number of aliphatic hydroxyl groups is 1. The van der Waals surface area contributed by atoms with Gasteiger partial charge in [0, 0.05) is 6.42 Å². The molecule has 0 aromatic carbocycles. The van der Waals surface area contributed by atoms with Crippen molar-refractivity contribution in [3.63, 3.8) is 0 Å². The maximum Gasteiger partial charge on any atom is 0.268 e. The molecule has 61 heavy (non-hydrogen) atoms. The highest BCUT2D eigenvalue weighted by atomic mass is 31.2. The van der Waals surface area contributed by atoms with Crippen LogP contribution in [0.15, 0.2) is 72.9 Å². The van der Waals surface area contributed by atoms with Crippen LogP contribution >= 0.6 is 7.82 Å². The number of hydrogen-bond acceptors (Lipinski definition) is 6. The summed E-state index contributed by atoms with van der Waals surface area (Å²) in [5.74, 6) is -0.175. The second kappa shape index (κ2) is 43.2. The smallest absolute Gasteiger partial charge is 0.268 e. The Hall–Kier alpha value is -2.06. The zero-order valence-electron chi connectivity index (χ0n) is 40.1. The lowest BCUT2D eigenvalue weighted by atomic mass is 10.0. The minimum absolute atomic E-state index is 0.00812. The number of quaternary nitrogens is 1. The molecule has 1 amide bonds. The first-order valence-electron chi connectivity index (χ1n) is 24.8. The van der Waals surface area contributed by atoms with Gasteiger partial charge in [0.15, 0.2) is 0 Å². The van der Waals surface area contributed by atoms with E-state index < -0.39 is 20.0 Å². The average molecular weight is 875 g/mol. The summed E-state index contributed by atoms with van der Waals surface area (Å²) in [5, 5.41) is 13.9. The van der Waals surface area contributed by atoms with Gasteiger partial charge in [-0.1, -0.05) is 202 Å². The molecule has 0 spiro atoms. The number of unbranched alkanes of at least 4 members (excludes halogenated alkanes) is 19. The molecule has 0 aliphatic carbocycles. The van der Waals surface area contributed by atoms with Crippen molar-refractivity contribution in [1.29, 1.82) is 0 Å². The highest BCUT2D eigenvalue weighted by Crippen LogP contribution is 2.38. The van der Waals surface area contributed by atoms with Crippen molar-refractivity contribution in [3.8, 4) is 0 Å². The number of amides is 1. The highest BCUT2D eigenvalue weighted by Gasteiger charge is 2.24. The zero-order valence-corrected chi connectivity index (χ0v) is 41.0. The molecule has 0 aromatic rings. The molecule has 0 radical (unpaired) electrons. The summed E-state index contributed by atoms with van der Waals surface area (Å²) in [7, 11) is 1.29. The lowest BCUT2D eigenvalue weighted by Gasteiger charge is -2.30. The van der Waals surface area contributed by atoms with Crippen LogP contribution in [0.5, 0.6) is 0 Å². The lowest BCUT2D eigenvalue weighted by Crippen LogP contribution is -2.46. The largest absolute Gasteiger partial charge is 0.756 e. The number of rotatable bonds is 44. The Kier molecular flexibility index (Phi) is 41.7. The van der Waals surface area contributed by atoms with Gasteiger partial charge in [-0.25, -0.2) is 0 Å². The van der Waals surface area contributed by atoms with E-state index in [1.807, 2.05) is 21.1 Å². The van der Waals surface area contributed by atoms with Crippen LogP contribution in [0.1, 0.15) is 200 Å². The van der Waals surface area contributed by atoms with Crippen LogP contribution in [0.25, 0.3) is 0 Å². The van der Waals surface area contributed by atoms with Crippen LogP contribution in [-0.4, -0.2) is 68.5 Å². The van der Waals surface area contributed by atoms with E-state index in [0.29, 0.717) is 23.9 Å². The van der Waals surface area contributed by atoms with Crippen molar-refractivity contribution in [2.75, 3.05) is 40.9 Å². The maximum absolute atomic E-state index is 12.9. The van der Waals surface area contributed by atoms with Crippen LogP contribution in [0.3, 0.4) is 0 Å². The number of aliphatic hydroxyl groups excluding tert-OH is 1. The van der Waals surface area contributed by atoms with Gasteiger partial charge in [0.25, 0.3) is 7.82 Å². The van der Waals surface area contributed by atoms with Gasteiger partial charge in [0.1, 0.15) is 13.2 Å². The van der Waals surface area contributed by atoms with E-state index in [9.17, 15) is 19.4 Å². The Labute approximate surface area is 376 Å². The van der Waals surface area contributed by atoms with E-state index in [2.05, 4.69) is 92.1 Å². The van der Waals surface area contributed by atoms with Crippen molar-refractivity contribution in [3.05, 3.63) is 72.9 Å². The molecule has 3 unspecified atom stereocenters. The summed E-state index contributed by atoms with van der Waals surface area (Å²) >= 11 is 0. The molecule has 0 aliphatic heterocycles. The van der Waals surface area contributed by atoms with Gasteiger partial charge in [-0.3, -0.25) is 9.36 Å². The second-order valence-electron chi connectivity index (χ2n) is 17.8. The van der Waals surface area contributed by atoms with Gasteiger partial charge in [-0.05, 0) is 64.2 Å². The first-order valence-corrected chi connectivity index (χ1v) is 26.2. The third-order valence-electron chi connectivity index (χ3n) is 10.7. The molecule has 354 valence electrons. The Balaban J connectivity index is 4.14. The van der Waals surface area contributed by atoms with Crippen molar-refractivity contribution >= 4 is 13.7 Å². The van der Waals surface area contributed by atoms with E-state index in [0.717, 1.165) is 83.5 Å². The SMILES string of the molecule is CC/C=C\C/C=C\C/C=C\C/C=C\C/C=C\C/C=C\CCCCCCCCCCCCC(=O)NC(COP(=O)([O-])OCC[N+](C)(C)C)C(O)CCCCCCCCCCCC. The van der Waals surface area contributed by atoms with E-state index >= 15 is 0 Å². The van der Waals surface area contributed by atoms with Crippen LogP contribution in [0.2, 0.25) is 0 Å². The maximum atomic E-state index is 12.9. The number of likely N-dealkylation sites (N-methyl/N-ethyl adjacent to an activating group) is 1. The van der Waals surface area contributed by atoms with Gasteiger partial charge in [0.05, 0.1) is 39.9 Å². The van der Waals surface area contributed by atoms with E-state index in [4.69, 9.17) is 9.05 Å². The molecule has 0 heterocycles. The average Bonchev–Trinajstić information content (AvgIpc) is 3.21. The normalized spacial score (nSPS) is 14.8. The molecule has 0 bridgehead atoms. The van der Waals surface area contributed by atoms with E-state index in [-0.39, 0.29) is 19.1 Å². The summed E-state index contributed by atoms with van der Waals surface area (Å²) in [6.07, 6.45) is 57.8. The van der Waals surface area contributed by atoms with Gasteiger partial charge in [-0.2, -0.15) is 0 Å². The first kappa shape index (κ1) is 58.9. The molecule has 0 fully saturated rings. The quantitative estimate of drug-likeness (QED) is 0.0273. The molecule has 9 heteroatoms. The number of carbonyl (C=O) groups excluding carboxylic acids is 1. The summed E-state index contributed by atoms with van der Waals surface area (Å²) in [5.41, 5.74) is 0. The summed E-state index contributed by atoms with van der Waals surface area (Å²) in [6.45, 7) is 4.57. The minimum Gasteiger partial charge on any atom is -0.756 e. The summed E-state index contributed by atoms with van der Waals surface area (Å²) in [4.78, 5) is 25.3. The Morgan fingerprint density at radius 2 is 1.00 bits per heavy atom. The fraction of sp³-hybridized carbons (Fsp3) is 0.750. The summed E-state index contributed by atoms with van der Waals surface area (Å²) < 4.78 is 23.3. The van der Waals surface area contributed by atoms with Crippen molar-refractivity contribution < 1.29 is 32.9 Å². The van der Waals surface area contributed by atoms with E-state index in [1.165, 1.54) is 89.9 Å². The molecular weight excluding hydrogens is 780 g/mol. The van der Waals surface area contributed by atoms with Gasteiger partial charge < -0.3 is 28.8 Å². The lowest BCUT2D eigenvalue weighted by molar-refractivity contribution is -0.870. The Morgan fingerprint density at radius 1 is 0.590 bits per heavy atom. The molecule has 3 atom stereocenters. The number of phosphoric ester groups is 1. The van der Waals surface area contributed by atoms with Crippen LogP contribution < -0.4 is 10.2 Å². The fourth-order valence-electron chi connectivity index (χ4n) is 6.81. The molecule has 0 aromatic heterocycles. The van der Waals surface area contributed by atoms with Crippen LogP contribution in [0, 0.1) is 0 Å². The van der Waals surface area contributed by atoms with E-state index in [1.54, 1.807) is 0 Å². The minimum atomic E-state index is -4.57. The Morgan fingerprint density at radius 3 is 1.46 bits per heavy atom. The number of nitrogens with zero attached hydrogens (tertiary/aromatic N) is 1. The molecule has 0 aliphatic rings. The Bertz CT molecular complexity index is 1220. The number of allylic oxidation sites excluding steroid dienone is 12. The number of carbonyl (C=O) groups is 1. The number of hydrogen-bond donors (Lipinski definition) is 2. The fourth-order valence-corrected chi connectivity index (χ4v) is 7.53. The molecule has 8 nitrogen and oxygen atoms in total. The van der Waals surface area contributed by atoms with Crippen molar-refractivity contribution in [2.24, 2.45) is 0 Å². The topological polar surface area (TPSA) is 108 Å². The van der Waals surface area contributed by atoms with Crippen molar-refractivity contribution in [2.45, 2.75) is 212 Å². The molecule has 0 saturated carbocycles. The molecule has 0 saturated heterocycles. The van der Waals surface area contributed by atoms with Gasteiger partial charge in [0.2, 0.25) is 5.91 Å². The van der Waals surface area contributed by atoms with Crippen LogP contribution in [-0.2, 0) is 18.4 Å². The standard InChI is InChI=1S/C52H95N2O6P/c1-6-8-10-12-14-16-18-19-20-21-22-23-24-25-26-27-28-29-30-31-32-33-34-35-36-38-40-42-44-46-52(56)53-50(49-60-61(57,58)59-48-47-54(3,4)5)51(55)45-43-41-39-37-17-15-13-11-9-7-2/h8,10,14,16,19-20,22-23,25-26,28-29,50-51,55H,6-7,9,11-13,15,17-18,21,24,27,30-49H2,1-5H3,(H-,53,56,57,58)/b10-8-,16-14-,20-19-,23-22-,26-25-,29-28-. The predicted molar refractivity (Wildman–Crippen MR) is 260 cm³/mol. The summed E-state index contributed by atoms with van der Waals surface area (Å²) in [6, 6.07) is -0.805. The zero-order chi connectivity index (χ0) is 45.0. The second-order valence-corrected chi connectivity index (χ2v) is 19.2. The number of nitrogens with one attached hydrogen (secondary N) is 1. The highest BCUT2D eigenvalue weighted by molar-refractivity contribution is 7.45. The van der Waals surface area contributed by atoms with Gasteiger partial charge in [-0.15, -0.1) is 0 Å². The third kappa shape index (κ3) is 45.8. The number of phosphoric acid groups is 1. The molecule has 2 N–H and O–H groups in total. The third-order valence-corrected chi connectivity index (χ3v) is 11.7. The monoisotopic (exact) mass is 875 g/mol. The van der Waals surface area contributed by atoms with Gasteiger partial charge >= 0.3 is 0 Å². The van der Waals surface area contributed by atoms with Crippen LogP contribution in [0.4, 0.5) is 0 Å². The predicted octanol–water partition coefficient (Wildman–Crippen LogP) is 13.7. The van der Waals surface area contributed by atoms with Crippen molar-refractivity contribution in [1.82, 2.24) is 5.32 Å².